The molecule has 0 heterocycles. The predicted octanol–water partition coefficient (Wildman–Crippen LogP) is 3.91. The molecule has 0 fully saturated rings. The molecule has 5 heteroatoms. The average Bonchev–Trinajstić information content (AvgIpc) is 2.50. The van der Waals surface area contributed by atoms with Crippen LogP contribution in [0.4, 0.5) is 0 Å². The molecule has 0 aliphatic heterocycles. The van der Waals surface area contributed by atoms with Crippen LogP contribution in [0, 0.1) is 0 Å². The first-order chi connectivity index (χ1) is 11.0. The van der Waals surface area contributed by atoms with E-state index in [1.807, 2.05) is 26.2 Å². The first-order valence-corrected chi connectivity index (χ1v) is 8.13. The minimum Gasteiger partial charge on any atom is -0.352 e. The number of nitrogens with zero attached hydrogens (tertiary/aromatic N) is 1. The Balaban J connectivity index is 1.89. The Labute approximate surface area is 147 Å². The number of carbonyl (C=O) groups is 1. The van der Waals surface area contributed by atoms with E-state index in [1.165, 1.54) is 5.56 Å². The fourth-order valence-corrected chi connectivity index (χ4v) is 2.78. The second-order valence-corrected chi connectivity index (χ2v) is 6.52. The van der Waals surface area contributed by atoms with Crippen LogP contribution >= 0.6 is 23.2 Å². The summed E-state index contributed by atoms with van der Waals surface area (Å²) in [7, 11) is 4.07. The van der Waals surface area contributed by atoms with Gasteiger partial charge in [0.1, 0.15) is 0 Å². The fraction of sp³-hybridized carbons (Fsp3) is 0.278. The highest BCUT2D eigenvalue weighted by Crippen LogP contribution is 2.24. The number of hydrogen-bond donors (Lipinski definition) is 1. The van der Waals surface area contributed by atoms with Crippen molar-refractivity contribution in [2.75, 3.05) is 14.1 Å². The summed E-state index contributed by atoms with van der Waals surface area (Å²) in [6.07, 6.45) is 0.178. The first kappa shape index (κ1) is 17.8. The van der Waals surface area contributed by atoms with Crippen molar-refractivity contribution in [2.24, 2.45) is 0 Å². The van der Waals surface area contributed by atoms with Gasteiger partial charge in [-0.1, -0.05) is 53.5 Å². The summed E-state index contributed by atoms with van der Waals surface area (Å²) in [6.45, 7) is 1.39. The van der Waals surface area contributed by atoms with E-state index in [4.69, 9.17) is 23.2 Å². The van der Waals surface area contributed by atoms with Crippen LogP contribution in [-0.4, -0.2) is 24.9 Å². The third-order valence-electron chi connectivity index (χ3n) is 3.41. The molecule has 0 spiro atoms. The minimum absolute atomic E-state index is 0.0997. The molecule has 0 saturated carbocycles. The van der Waals surface area contributed by atoms with Crippen molar-refractivity contribution in [3.05, 3.63) is 69.2 Å². The summed E-state index contributed by atoms with van der Waals surface area (Å²) in [6, 6.07) is 13.4. The van der Waals surface area contributed by atoms with E-state index in [0.717, 1.165) is 12.1 Å². The summed E-state index contributed by atoms with van der Waals surface area (Å²) in [5, 5.41) is 3.92. The van der Waals surface area contributed by atoms with Crippen LogP contribution in [0.25, 0.3) is 0 Å². The van der Waals surface area contributed by atoms with E-state index in [9.17, 15) is 4.79 Å². The van der Waals surface area contributed by atoms with E-state index in [-0.39, 0.29) is 12.3 Å². The number of amides is 1. The second-order valence-electron chi connectivity index (χ2n) is 5.71. The topological polar surface area (TPSA) is 32.3 Å². The molecule has 0 aliphatic carbocycles. The van der Waals surface area contributed by atoms with E-state index >= 15 is 0 Å². The van der Waals surface area contributed by atoms with Gasteiger partial charge in [-0.3, -0.25) is 4.79 Å². The Morgan fingerprint density at radius 2 is 1.57 bits per heavy atom. The van der Waals surface area contributed by atoms with Crippen molar-refractivity contribution in [3.63, 3.8) is 0 Å². The van der Waals surface area contributed by atoms with Crippen LogP contribution in [0.1, 0.15) is 16.7 Å². The Hall–Kier alpha value is -1.55. The summed E-state index contributed by atoms with van der Waals surface area (Å²) in [4.78, 5) is 14.2. The maximum absolute atomic E-state index is 12.1. The summed E-state index contributed by atoms with van der Waals surface area (Å²) in [5.41, 5.74) is 2.97. The highest BCUT2D eigenvalue weighted by Gasteiger charge is 2.10. The molecule has 0 unspecified atom stereocenters. The van der Waals surface area contributed by atoms with Gasteiger partial charge >= 0.3 is 0 Å². The molecule has 0 radical (unpaired) electrons. The molecule has 2 aromatic carbocycles. The third kappa shape index (κ3) is 5.54. The number of hydrogen-bond acceptors (Lipinski definition) is 2. The Kier molecular flexibility index (Phi) is 6.46. The maximum Gasteiger partial charge on any atom is 0.224 e. The normalized spacial score (nSPS) is 10.8. The Morgan fingerprint density at radius 3 is 2.13 bits per heavy atom. The van der Waals surface area contributed by atoms with Crippen molar-refractivity contribution in [1.29, 1.82) is 0 Å². The van der Waals surface area contributed by atoms with Crippen LogP contribution in [0.5, 0.6) is 0 Å². The molecule has 0 saturated heterocycles. The summed E-state index contributed by atoms with van der Waals surface area (Å²) < 4.78 is 0. The number of nitrogens with one attached hydrogen (secondary N) is 1. The smallest absolute Gasteiger partial charge is 0.224 e. The Morgan fingerprint density at radius 1 is 1.00 bits per heavy atom. The largest absolute Gasteiger partial charge is 0.352 e. The third-order valence-corrected chi connectivity index (χ3v) is 4.12. The highest BCUT2D eigenvalue weighted by atomic mass is 35.5. The molecular formula is C18H20Cl2N2O. The van der Waals surface area contributed by atoms with Crippen molar-refractivity contribution in [1.82, 2.24) is 10.2 Å². The van der Waals surface area contributed by atoms with Crippen LogP contribution in [-0.2, 0) is 24.3 Å². The molecule has 2 aromatic rings. The zero-order valence-corrected chi connectivity index (χ0v) is 14.8. The molecule has 122 valence electrons. The lowest BCUT2D eigenvalue weighted by molar-refractivity contribution is -0.120. The lowest BCUT2D eigenvalue weighted by Gasteiger charge is -2.11. The van der Waals surface area contributed by atoms with E-state index in [0.29, 0.717) is 22.2 Å². The van der Waals surface area contributed by atoms with Crippen LogP contribution in [0.15, 0.2) is 42.5 Å². The molecule has 0 aromatic heterocycles. The number of rotatable bonds is 6. The molecular weight excluding hydrogens is 331 g/mol. The lowest BCUT2D eigenvalue weighted by Crippen LogP contribution is -2.24. The molecule has 1 N–H and O–H groups in total. The first-order valence-electron chi connectivity index (χ1n) is 7.38. The lowest BCUT2D eigenvalue weighted by atomic mass is 10.1. The zero-order chi connectivity index (χ0) is 16.8. The molecule has 0 aliphatic rings. The van der Waals surface area contributed by atoms with Crippen molar-refractivity contribution < 1.29 is 4.79 Å². The molecule has 3 nitrogen and oxygen atoms in total. The number of benzene rings is 2. The van der Waals surface area contributed by atoms with Gasteiger partial charge in [-0.05, 0) is 42.9 Å². The standard InChI is InChI=1S/C18H20Cl2N2O/c1-22(2)12-14-8-6-13(7-9-14)11-21-18(23)10-15-16(19)4-3-5-17(15)20/h3-9H,10-12H2,1-2H3,(H,21,23). The fourth-order valence-electron chi connectivity index (χ4n) is 2.25. The highest BCUT2D eigenvalue weighted by molar-refractivity contribution is 6.36. The molecule has 2 rings (SSSR count). The van der Waals surface area contributed by atoms with Gasteiger partial charge in [0.25, 0.3) is 0 Å². The quantitative estimate of drug-likeness (QED) is 0.856. The minimum atomic E-state index is -0.0997. The van der Waals surface area contributed by atoms with E-state index in [1.54, 1.807) is 18.2 Å². The van der Waals surface area contributed by atoms with Gasteiger partial charge < -0.3 is 10.2 Å². The van der Waals surface area contributed by atoms with Crippen molar-refractivity contribution in [2.45, 2.75) is 19.5 Å². The number of halogens is 2. The predicted molar refractivity (Wildman–Crippen MR) is 95.8 cm³/mol. The SMILES string of the molecule is CN(C)Cc1ccc(CNC(=O)Cc2c(Cl)cccc2Cl)cc1. The summed E-state index contributed by atoms with van der Waals surface area (Å²) >= 11 is 12.2. The van der Waals surface area contributed by atoms with Gasteiger partial charge in [-0.2, -0.15) is 0 Å². The molecule has 0 bridgehead atoms. The van der Waals surface area contributed by atoms with Gasteiger partial charge in [0.15, 0.2) is 0 Å². The van der Waals surface area contributed by atoms with E-state index in [2.05, 4.69) is 22.3 Å². The molecule has 1 amide bonds. The number of carbonyl (C=O) groups excluding carboxylic acids is 1. The molecule has 0 atom stereocenters. The van der Waals surface area contributed by atoms with Gasteiger partial charge in [-0.25, -0.2) is 0 Å². The van der Waals surface area contributed by atoms with Gasteiger partial charge in [0, 0.05) is 23.1 Å². The van der Waals surface area contributed by atoms with E-state index < -0.39 is 0 Å². The Bertz CT molecular complexity index is 649. The molecule has 23 heavy (non-hydrogen) atoms. The van der Waals surface area contributed by atoms with Crippen LogP contribution in [0.3, 0.4) is 0 Å². The van der Waals surface area contributed by atoms with Crippen molar-refractivity contribution >= 4 is 29.1 Å². The van der Waals surface area contributed by atoms with Crippen LogP contribution in [0.2, 0.25) is 10.0 Å². The van der Waals surface area contributed by atoms with Gasteiger partial charge in [0.2, 0.25) is 5.91 Å². The van der Waals surface area contributed by atoms with Gasteiger partial charge in [-0.15, -0.1) is 0 Å². The van der Waals surface area contributed by atoms with Gasteiger partial charge in [0.05, 0.1) is 6.42 Å². The maximum atomic E-state index is 12.1. The summed E-state index contributed by atoms with van der Waals surface area (Å²) in [5.74, 6) is -0.0997. The van der Waals surface area contributed by atoms with Crippen molar-refractivity contribution in [3.8, 4) is 0 Å². The zero-order valence-electron chi connectivity index (χ0n) is 13.3. The van der Waals surface area contributed by atoms with Crippen LogP contribution < -0.4 is 5.32 Å². The average molecular weight is 351 g/mol. The monoisotopic (exact) mass is 350 g/mol. The second kappa shape index (κ2) is 8.34.